The zero-order valence-corrected chi connectivity index (χ0v) is 58.8. The summed E-state index contributed by atoms with van der Waals surface area (Å²) in [5, 5.41) is 10.5. The average molecular weight is 1300 g/mol. The molecule has 0 aromatic carbocycles. The van der Waals surface area contributed by atoms with Crippen LogP contribution in [0.2, 0.25) is 0 Å². The third-order valence-electron chi connectivity index (χ3n) is 16.0. The molecule has 0 saturated carbocycles. The van der Waals surface area contributed by atoms with Crippen LogP contribution < -0.4 is 0 Å². The van der Waals surface area contributed by atoms with Crippen molar-refractivity contribution >= 4 is 39.5 Å². The second kappa shape index (κ2) is 61.3. The highest BCUT2D eigenvalue weighted by Crippen LogP contribution is 2.45. The van der Waals surface area contributed by atoms with E-state index in [1.54, 1.807) is 0 Å². The molecule has 0 heterocycles. The van der Waals surface area contributed by atoms with Crippen LogP contribution in [0.5, 0.6) is 0 Å². The molecule has 0 spiro atoms. The molecule has 0 amide bonds. The molecule has 5 atom stereocenters. The van der Waals surface area contributed by atoms with Gasteiger partial charge in [-0.3, -0.25) is 37.3 Å². The lowest BCUT2D eigenvalue weighted by Crippen LogP contribution is -2.30. The van der Waals surface area contributed by atoms with E-state index < -0.39 is 97.5 Å². The molecule has 0 saturated heterocycles. The maximum absolute atomic E-state index is 13.0. The summed E-state index contributed by atoms with van der Waals surface area (Å²) in [7, 11) is -9.89. The van der Waals surface area contributed by atoms with Crippen LogP contribution in [-0.4, -0.2) is 96.7 Å². The molecule has 0 bridgehead atoms. The molecular weight excluding hydrogens is 1160 g/mol. The molecule has 522 valence electrons. The lowest BCUT2D eigenvalue weighted by molar-refractivity contribution is -0.161. The van der Waals surface area contributed by atoms with Crippen molar-refractivity contribution in [1.82, 2.24) is 0 Å². The molecular formula is C69H134O17P2. The summed E-state index contributed by atoms with van der Waals surface area (Å²) >= 11 is 0. The Morgan fingerprint density at radius 1 is 0.307 bits per heavy atom. The first-order valence-corrected chi connectivity index (χ1v) is 39.0. The zero-order chi connectivity index (χ0) is 65.0. The molecule has 2 unspecified atom stereocenters. The molecule has 17 nitrogen and oxygen atoms in total. The second-order valence-electron chi connectivity index (χ2n) is 25.9. The lowest BCUT2D eigenvalue weighted by Gasteiger charge is -2.21. The maximum Gasteiger partial charge on any atom is 0.472 e. The monoisotopic (exact) mass is 1300 g/mol. The normalized spacial score (nSPS) is 14.2. The number of aliphatic hydroxyl groups excluding tert-OH is 1. The van der Waals surface area contributed by atoms with E-state index in [0.29, 0.717) is 25.7 Å². The quantitative estimate of drug-likeness (QED) is 0.0222. The first-order valence-electron chi connectivity index (χ1n) is 36.0. The first-order chi connectivity index (χ1) is 42.4. The van der Waals surface area contributed by atoms with Crippen LogP contribution >= 0.6 is 15.6 Å². The summed E-state index contributed by atoms with van der Waals surface area (Å²) < 4.78 is 68.0. The minimum Gasteiger partial charge on any atom is -0.462 e. The Balaban J connectivity index is 5.16. The summed E-state index contributed by atoms with van der Waals surface area (Å²) in [6.45, 7) is 9.43. The number of aliphatic hydroxyl groups is 1. The standard InChI is InChI=1S/C69H134O17P2/c1-7-9-11-13-14-15-16-17-18-19-22-25-28-34-40-46-52-67(72)80-58-65(86-68(73)53-47-41-35-29-26-23-20-21-24-27-32-38-43-49-61(3)4)60-84-88(77,78)82-56-63(70)55-81-87(75,76)83-59-64(57-79-66(71)51-45-37-12-10-8-2)85-69(74)54-48-42-36-31-30-33-39-44-50-62(5)6/h61-65,70H,7-60H2,1-6H3,(H,75,76)(H,77,78)/t63-,64+,65+/m0/s1. The van der Waals surface area contributed by atoms with Crippen molar-refractivity contribution in [3.63, 3.8) is 0 Å². The smallest absolute Gasteiger partial charge is 0.462 e. The van der Waals surface area contributed by atoms with Crippen LogP contribution in [0.4, 0.5) is 0 Å². The van der Waals surface area contributed by atoms with Crippen molar-refractivity contribution in [2.24, 2.45) is 11.8 Å². The molecule has 0 fully saturated rings. The molecule has 0 radical (unpaired) electrons. The molecule has 0 aliphatic carbocycles. The molecule has 19 heteroatoms. The van der Waals surface area contributed by atoms with Gasteiger partial charge < -0.3 is 33.8 Å². The van der Waals surface area contributed by atoms with Crippen molar-refractivity contribution in [3.05, 3.63) is 0 Å². The van der Waals surface area contributed by atoms with Crippen LogP contribution in [0.15, 0.2) is 0 Å². The van der Waals surface area contributed by atoms with E-state index in [4.69, 9.17) is 37.0 Å². The van der Waals surface area contributed by atoms with Crippen molar-refractivity contribution in [3.8, 4) is 0 Å². The lowest BCUT2D eigenvalue weighted by atomic mass is 10.0. The molecule has 0 rings (SSSR count). The Bertz CT molecular complexity index is 1720. The molecule has 0 aliphatic heterocycles. The van der Waals surface area contributed by atoms with Gasteiger partial charge in [0, 0.05) is 25.7 Å². The van der Waals surface area contributed by atoms with E-state index in [-0.39, 0.29) is 25.7 Å². The van der Waals surface area contributed by atoms with Crippen LogP contribution in [0.3, 0.4) is 0 Å². The highest BCUT2D eigenvalue weighted by atomic mass is 31.2. The number of ether oxygens (including phenoxy) is 4. The van der Waals surface area contributed by atoms with Crippen molar-refractivity contribution < 1.29 is 80.2 Å². The zero-order valence-electron chi connectivity index (χ0n) is 57.0. The summed E-state index contributed by atoms with van der Waals surface area (Å²) in [5.74, 6) is -0.632. The molecule has 3 N–H and O–H groups in total. The van der Waals surface area contributed by atoms with Gasteiger partial charge in [0.1, 0.15) is 19.3 Å². The van der Waals surface area contributed by atoms with Gasteiger partial charge in [-0.1, -0.05) is 298 Å². The topological polar surface area (TPSA) is 237 Å². The van der Waals surface area contributed by atoms with Gasteiger partial charge in [-0.25, -0.2) is 9.13 Å². The molecule has 0 aromatic heterocycles. The molecule has 0 aliphatic rings. The van der Waals surface area contributed by atoms with E-state index >= 15 is 0 Å². The third kappa shape index (κ3) is 62.8. The van der Waals surface area contributed by atoms with Gasteiger partial charge in [-0.2, -0.15) is 0 Å². The predicted molar refractivity (Wildman–Crippen MR) is 354 cm³/mol. The highest BCUT2D eigenvalue weighted by molar-refractivity contribution is 7.47. The van der Waals surface area contributed by atoms with Gasteiger partial charge in [-0.05, 0) is 37.5 Å². The SMILES string of the molecule is CCCCCCCCCCCCCCCCCCC(=O)OC[C@H](COP(=O)(O)OC[C@@H](O)COP(=O)(O)OC[C@@H](COC(=O)CCCCCCC)OC(=O)CCCCCCCCCCC(C)C)OC(=O)CCCCCCCCCCCCCCCC(C)C. The summed E-state index contributed by atoms with van der Waals surface area (Å²) in [5.41, 5.74) is 0. The van der Waals surface area contributed by atoms with E-state index in [0.717, 1.165) is 108 Å². The van der Waals surface area contributed by atoms with E-state index in [9.17, 15) is 43.2 Å². The molecule has 0 aromatic rings. The van der Waals surface area contributed by atoms with Crippen LogP contribution in [0.1, 0.15) is 350 Å². The first kappa shape index (κ1) is 86.1. The Morgan fingerprint density at radius 3 is 0.773 bits per heavy atom. The number of phosphoric ester groups is 2. The number of unbranched alkanes of at least 4 members (excludes halogenated alkanes) is 38. The number of rotatable bonds is 68. The molecule has 88 heavy (non-hydrogen) atoms. The van der Waals surface area contributed by atoms with Gasteiger partial charge in [0.25, 0.3) is 0 Å². The number of hydrogen-bond acceptors (Lipinski definition) is 15. The number of hydrogen-bond donors (Lipinski definition) is 3. The number of esters is 4. The third-order valence-corrected chi connectivity index (χ3v) is 17.9. The van der Waals surface area contributed by atoms with Gasteiger partial charge in [-0.15, -0.1) is 0 Å². The second-order valence-corrected chi connectivity index (χ2v) is 28.8. The van der Waals surface area contributed by atoms with Gasteiger partial charge in [0.2, 0.25) is 0 Å². The van der Waals surface area contributed by atoms with E-state index in [1.807, 2.05) is 0 Å². The van der Waals surface area contributed by atoms with Gasteiger partial charge in [0.05, 0.1) is 26.4 Å². The van der Waals surface area contributed by atoms with E-state index in [1.165, 1.54) is 161 Å². The fourth-order valence-corrected chi connectivity index (χ4v) is 12.0. The van der Waals surface area contributed by atoms with Crippen molar-refractivity contribution in [1.29, 1.82) is 0 Å². The predicted octanol–water partition coefficient (Wildman–Crippen LogP) is 19.6. The minimum atomic E-state index is -4.95. The summed E-state index contributed by atoms with van der Waals surface area (Å²) in [4.78, 5) is 72.2. The Hall–Kier alpha value is -1.94. The Morgan fingerprint density at radius 2 is 0.523 bits per heavy atom. The highest BCUT2D eigenvalue weighted by Gasteiger charge is 2.30. The fourth-order valence-electron chi connectivity index (χ4n) is 10.4. The largest absolute Gasteiger partial charge is 0.472 e. The average Bonchev–Trinajstić information content (AvgIpc) is 3.69. The Kier molecular flexibility index (Phi) is 59.9. The summed E-state index contributed by atoms with van der Waals surface area (Å²) in [6.07, 6.45) is 46.2. The van der Waals surface area contributed by atoms with Crippen molar-refractivity contribution in [2.45, 2.75) is 368 Å². The summed E-state index contributed by atoms with van der Waals surface area (Å²) in [6, 6.07) is 0. The van der Waals surface area contributed by atoms with Gasteiger partial charge in [0.15, 0.2) is 12.2 Å². The van der Waals surface area contributed by atoms with Gasteiger partial charge >= 0.3 is 39.5 Å². The number of carbonyl (C=O) groups excluding carboxylic acids is 4. The van der Waals surface area contributed by atoms with Crippen LogP contribution in [0.25, 0.3) is 0 Å². The van der Waals surface area contributed by atoms with Crippen LogP contribution in [-0.2, 0) is 65.4 Å². The van der Waals surface area contributed by atoms with Crippen LogP contribution in [0, 0.1) is 11.8 Å². The number of phosphoric acid groups is 2. The fraction of sp³-hybridized carbons (Fsp3) is 0.942. The van der Waals surface area contributed by atoms with Crippen molar-refractivity contribution in [2.75, 3.05) is 39.6 Å². The van der Waals surface area contributed by atoms with E-state index in [2.05, 4.69) is 41.5 Å². The number of carbonyl (C=O) groups is 4. The minimum absolute atomic E-state index is 0.104. The Labute approximate surface area is 537 Å². The maximum atomic E-state index is 13.0.